The van der Waals surface area contributed by atoms with Crippen LogP contribution in [0.25, 0.3) is 0 Å². The quantitative estimate of drug-likeness (QED) is 0.638. The second-order valence-corrected chi connectivity index (χ2v) is 5.58. The van der Waals surface area contributed by atoms with E-state index in [-0.39, 0.29) is 17.4 Å². The molecule has 100 valence electrons. The molecule has 1 aliphatic rings. The van der Waals surface area contributed by atoms with Crippen LogP contribution in [0.4, 0.5) is 5.69 Å². The van der Waals surface area contributed by atoms with Crippen molar-refractivity contribution in [1.29, 1.82) is 0 Å². The van der Waals surface area contributed by atoms with E-state index in [1.54, 1.807) is 6.07 Å². The second kappa shape index (κ2) is 5.68. The molecule has 6 heteroatoms. The largest absolute Gasteiger partial charge is 0.478 e. The van der Waals surface area contributed by atoms with Crippen LogP contribution < -0.4 is 4.90 Å². The maximum atomic E-state index is 12.0. The molecule has 1 N–H and O–H groups in total. The van der Waals surface area contributed by atoms with Crippen LogP contribution in [0.5, 0.6) is 0 Å². The van der Waals surface area contributed by atoms with E-state index in [0.717, 1.165) is 4.90 Å². The number of anilines is 1. The fraction of sp³-hybridized carbons (Fsp3) is 0.308. The molecule has 1 fully saturated rings. The van der Waals surface area contributed by atoms with Gasteiger partial charge in [0, 0.05) is 16.4 Å². The molecular formula is C13H12INO4. The summed E-state index contributed by atoms with van der Waals surface area (Å²) in [6.07, 6.45) is 2.02. The first-order valence-electron chi connectivity index (χ1n) is 5.88. The molecule has 0 aliphatic carbocycles. The zero-order chi connectivity index (χ0) is 14.0. The molecule has 1 aliphatic heterocycles. The molecule has 1 saturated heterocycles. The van der Waals surface area contributed by atoms with Crippen molar-refractivity contribution in [3.05, 3.63) is 27.3 Å². The molecule has 0 spiro atoms. The number of amides is 2. The summed E-state index contributed by atoms with van der Waals surface area (Å²) in [4.78, 5) is 36.1. The van der Waals surface area contributed by atoms with Crippen molar-refractivity contribution in [3.8, 4) is 0 Å². The molecular weight excluding hydrogens is 361 g/mol. The van der Waals surface area contributed by atoms with Crippen LogP contribution in [0.15, 0.2) is 18.2 Å². The normalized spacial score (nSPS) is 16.4. The summed E-state index contributed by atoms with van der Waals surface area (Å²) in [6.45, 7) is 0. The van der Waals surface area contributed by atoms with Crippen LogP contribution in [-0.2, 0) is 9.59 Å². The van der Waals surface area contributed by atoms with Crippen LogP contribution in [0.1, 0.15) is 36.0 Å². The molecule has 1 aromatic rings. The van der Waals surface area contributed by atoms with Gasteiger partial charge in [0.2, 0.25) is 11.8 Å². The van der Waals surface area contributed by atoms with Crippen molar-refractivity contribution >= 4 is 46.1 Å². The van der Waals surface area contributed by atoms with E-state index in [9.17, 15) is 14.4 Å². The highest BCUT2D eigenvalue weighted by atomic mass is 127. The zero-order valence-corrected chi connectivity index (χ0v) is 12.2. The van der Waals surface area contributed by atoms with Crippen molar-refractivity contribution in [2.75, 3.05) is 4.90 Å². The van der Waals surface area contributed by atoms with Gasteiger partial charge in [-0.25, -0.2) is 4.79 Å². The molecule has 1 aromatic carbocycles. The number of aromatic carboxylic acids is 1. The number of imide groups is 1. The Morgan fingerprint density at radius 2 is 1.68 bits per heavy atom. The maximum absolute atomic E-state index is 12.0. The number of rotatable bonds is 2. The minimum Gasteiger partial charge on any atom is -0.478 e. The van der Waals surface area contributed by atoms with E-state index in [0.29, 0.717) is 34.9 Å². The molecule has 0 unspecified atom stereocenters. The molecule has 0 aromatic heterocycles. The summed E-state index contributed by atoms with van der Waals surface area (Å²) in [6, 6.07) is 4.51. The third kappa shape index (κ3) is 3.12. The minimum absolute atomic E-state index is 0.0757. The third-order valence-electron chi connectivity index (χ3n) is 2.92. The van der Waals surface area contributed by atoms with E-state index in [1.807, 2.05) is 22.6 Å². The number of halogens is 1. The predicted molar refractivity (Wildman–Crippen MR) is 77.1 cm³/mol. The second-order valence-electron chi connectivity index (χ2n) is 4.33. The van der Waals surface area contributed by atoms with Gasteiger partial charge >= 0.3 is 5.97 Å². The van der Waals surface area contributed by atoms with E-state index < -0.39 is 5.97 Å². The van der Waals surface area contributed by atoms with E-state index >= 15 is 0 Å². The van der Waals surface area contributed by atoms with Gasteiger partial charge in [-0.05, 0) is 53.6 Å². The molecule has 0 saturated carbocycles. The highest BCUT2D eigenvalue weighted by molar-refractivity contribution is 14.1. The number of hydrogen-bond donors (Lipinski definition) is 1. The molecule has 1 heterocycles. The fourth-order valence-corrected chi connectivity index (χ4v) is 2.68. The monoisotopic (exact) mass is 373 g/mol. The lowest BCUT2D eigenvalue weighted by molar-refractivity contribution is -0.125. The number of carboxylic acids is 1. The maximum Gasteiger partial charge on any atom is 0.335 e. The molecule has 5 nitrogen and oxygen atoms in total. The van der Waals surface area contributed by atoms with Crippen molar-refractivity contribution in [2.24, 2.45) is 0 Å². The van der Waals surface area contributed by atoms with Crippen molar-refractivity contribution in [3.63, 3.8) is 0 Å². The van der Waals surface area contributed by atoms with Crippen molar-refractivity contribution in [2.45, 2.75) is 25.7 Å². The Balaban J connectivity index is 2.46. The third-order valence-corrected chi connectivity index (χ3v) is 3.54. The summed E-state index contributed by atoms with van der Waals surface area (Å²) in [5.41, 5.74) is 0.424. The average Bonchev–Trinajstić information content (AvgIpc) is 2.49. The van der Waals surface area contributed by atoms with Crippen molar-refractivity contribution in [1.82, 2.24) is 0 Å². The number of carbonyl (C=O) groups excluding carboxylic acids is 2. The van der Waals surface area contributed by atoms with Crippen LogP contribution in [-0.4, -0.2) is 22.9 Å². The first-order valence-corrected chi connectivity index (χ1v) is 6.96. The van der Waals surface area contributed by atoms with E-state index in [4.69, 9.17) is 5.11 Å². The van der Waals surface area contributed by atoms with E-state index in [1.165, 1.54) is 12.1 Å². The Bertz CT molecular complexity index is 538. The summed E-state index contributed by atoms with van der Waals surface area (Å²) >= 11 is 1.97. The number of nitrogens with zero attached hydrogens (tertiary/aromatic N) is 1. The average molecular weight is 373 g/mol. The smallest absolute Gasteiger partial charge is 0.335 e. The minimum atomic E-state index is -1.07. The van der Waals surface area contributed by atoms with Crippen LogP contribution in [0.3, 0.4) is 0 Å². The number of carbonyl (C=O) groups is 3. The first kappa shape index (κ1) is 14.0. The summed E-state index contributed by atoms with van der Waals surface area (Å²) < 4.78 is 0.678. The molecule has 2 rings (SSSR count). The van der Waals surface area contributed by atoms with Gasteiger partial charge in [-0.3, -0.25) is 14.5 Å². The summed E-state index contributed by atoms with van der Waals surface area (Å²) in [5.74, 6) is -1.60. The highest BCUT2D eigenvalue weighted by Gasteiger charge is 2.26. The van der Waals surface area contributed by atoms with Gasteiger partial charge in [-0.1, -0.05) is 0 Å². The first-order chi connectivity index (χ1) is 8.99. The topological polar surface area (TPSA) is 74.7 Å². The zero-order valence-electron chi connectivity index (χ0n) is 10.1. The predicted octanol–water partition coefficient (Wildman–Crippen LogP) is 2.42. The Hall–Kier alpha value is -1.44. The molecule has 19 heavy (non-hydrogen) atoms. The van der Waals surface area contributed by atoms with Gasteiger partial charge in [0.05, 0.1) is 11.3 Å². The van der Waals surface area contributed by atoms with Gasteiger partial charge in [-0.15, -0.1) is 0 Å². The van der Waals surface area contributed by atoms with Crippen molar-refractivity contribution < 1.29 is 19.5 Å². The lowest BCUT2D eigenvalue weighted by atomic mass is 10.2. The van der Waals surface area contributed by atoms with Crippen LogP contribution >= 0.6 is 22.6 Å². The Morgan fingerprint density at radius 1 is 1.11 bits per heavy atom. The lowest BCUT2D eigenvalue weighted by Gasteiger charge is -2.19. The molecule has 0 radical (unpaired) electrons. The lowest BCUT2D eigenvalue weighted by Crippen LogP contribution is -2.35. The summed E-state index contributed by atoms with van der Waals surface area (Å²) in [5, 5.41) is 9.03. The van der Waals surface area contributed by atoms with Gasteiger partial charge in [0.1, 0.15) is 0 Å². The molecule has 2 amide bonds. The number of carboxylic acid groups (broad SMARTS) is 1. The summed E-state index contributed by atoms with van der Waals surface area (Å²) in [7, 11) is 0. The van der Waals surface area contributed by atoms with Crippen LogP contribution in [0.2, 0.25) is 0 Å². The fourth-order valence-electron chi connectivity index (χ4n) is 2.03. The number of benzene rings is 1. The van der Waals surface area contributed by atoms with Gasteiger partial charge in [0.15, 0.2) is 0 Å². The Kier molecular flexibility index (Phi) is 4.18. The van der Waals surface area contributed by atoms with E-state index in [2.05, 4.69) is 0 Å². The van der Waals surface area contributed by atoms with Gasteiger partial charge in [-0.2, -0.15) is 0 Å². The van der Waals surface area contributed by atoms with Gasteiger partial charge in [0.25, 0.3) is 0 Å². The van der Waals surface area contributed by atoms with Crippen LogP contribution in [0, 0.1) is 3.57 Å². The Morgan fingerprint density at radius 3 is 2.21 bits per heavy atom. The SMILES string of the molecule is O=C(O)c1cc(I)cc(N2C(=O)CCCCC2=O)c1. The molecule has 0 atom stereocenters. The standard InChI is InChI=1S/C13H12INO4/c14-9-5-8(13(18)19)6-10(7-9)15-11(16)3-1-2-4-12(15)17/h5-7H,1-4H2,(H,18,19). The molecule has 0 bridgehead atoms. The number of hydrogen-bond acceptors (Lipinski definition) is 3. The highest BCUT2D eigenvalue weighted by Crippen LogP contribution is 2.25. The van der Waals surface area contributed by atoms with Gasteiger partial charge < -0.3 is 5.11 Å². The Labute approximate surface area is 123 Å².